The average Bonchev–Trinajstić information content (AvgIpc) is 2.97. The molecule has 0 N–H and O–H groups in total. The van der Waals surface area contributed by atoms with E-state index in [1.165, 1.54) is 11.1 Å². The second kappa shape index (κ2) is 31.5. The Kier molecular flexibility index (Phi) is 33.0. The van der Waals surface area contributed by atoms with Crippen molar-refractivity contribution < 1.29 is 4.74 Å². The van der Waals surface area contributed by atoms with Crippen LogP contribution in [0, 0.1) is 6.92 Å². The molecule has 0 radical (unpaired) electrons. The predicted molar refractivity (Wildman–Crippen MR) is 182 cm³/mol. The first-order chi connectivity index (χ1) is 18.9. The van der Waals surface area contributed by atoms with Gasteiger partial charge in [0.05, 0.1) is 24.8 Å². The standard InChI is InChI=1S/C16H25N3OS.C9H11N.C4H8.2C2H6/c1-5-7-8-16(21-6-2)17-13-15(18-14(3)4)19-9-11-20-12-10-19;1-8-4-3-5-9(6-8)7-10-2;1-3-4-2;2*1-2/h5,7-8H,1,3,6,9-13H2,2,4H3;3-7H,1-2H3;3-4H,1-2H3;2*1-2H3/b8-7+,17-16?,18-15?;;4-3-;;. The Morgan fingerprint density at radius 1 is 1.10 bits per heavy atom. The summed E-state index contributed by atoms with van der Waals surface area (Å²) >= 11 is 1.72. The normalized spacial score (nSPS) is 13.3. The molecule has 1 fully saturated rings. The van der Waals surface area contributed by atoms with Gasteiger partial charge in [0, 0.05) is 32.0 Å². The van der Waals surface area contributed by atoms with Gasteiger partial charge in [0.1, 0.15) is 5.84 Å². The SMILES string of the molecule is C/C=C\C.C=C/C=C/C(=NCC(=NC(=C)C)N1CCOCC1)SCC.CC.CC.CN=Cc1cccc(C)c1. The molecule has 2 rings (SSSR count). The highest BCUT2D eigenvalue weighted by Crippen LogP contribution is 2.08. The van der Waals surface area contributed by atoms with Gasteiger partial charge in [-0.3, -0.25) is 9.98 Å². The van der Waals surface area contributed by atoms with Crippen LogP contribution in [0.3, 0.4) is 0 Å². The molecule has 0 aliphatic carbocycles. The van der Waals surface area contributed by atoms with Crippen molar-refractivity contribution in [3.05, 3.63) is 84.6 Å². The van der Waals surface area contributed by atoms with Crippen molar-refractivity contribution in [2.24, 2.45) is 15.0 Å². The molecule has 1 saturated heterocycles. The largest absolute Gasteiger partial charge is 0.378 e. The summed E-state index contributed by atoms with van der Waals surface area (Å²) in [6.45, 7) is 29.4. The lowest BCUT2D eigenvalue weighted by Gasteiger charge is -2.29. The van der Waals surface area contributed by atoms with Gasteiger partial charge in [0.2, 0.25) is 0 Å². The fourth-order valence-corrected chi connectivity index (χ4v) is 3.37. The maximum absolute atomic E-state index is 5.39. The second-order valence-corrected chi connectivity index (χ2v) is 8.80. The minimum Gasteiger partial charge on any atom is -0.378 e. The fourth-order valence-electron chi connectivity index (χ4n) is 2.74. The maximum Gasteiger partial charge on any atom is 0.126 e. The van der Waals surface area contributed by atoms with Crippen LogP contribution in [0.15, 0.2) is 88.5 Å². The average molecular weight is 557 g/mol. The van der Waals surface area contributed by atoms with Crippen LogP contribution in [0.25, 0.3) is 0 Å². The van der Waals surface area contributed by atoms with E-state index in [1.807, 2.05) is 91.1 Å². The van der Waals surface area contributed by atoms with Gasteiger partial charge in [0.15, 0.2) is 0 Å². The van der Waals surface area contributed by atoms with Gasteiger partial charge in [-0.1, -0.05) is 102 Å². The third-order valence-corrected chi connectivity index (χ3v) is 5.24. The number of amidine groups is 1. The van der Waals surface area contributed by atoms with Crippen LogP contribution in [-0.4, -0.2) is 67.6 Å². The maximum atomic E-state index is 5.39. The Morgan fingerprint density at radius 2 is 1.72 bits per heavy atom. The summed E-state index contributed by atoms with van der Waals surface area (Å²) in [6.07, 6.45) is 11.5. The number of nitrogens with zero attached hydrogens (tertiary/aromatic N) is 4. The zero-order chi connectivity index (χ0) is 30.3. The highest BCUT2D eigenvalue weighted by Gasteiger charge is 2.15. The number of ether oxygens (including phenoxy) is 1. The molecule has 0 aromatic heterocycles. The highest BCUT2D eigenvalue weighted by atomic mass is 32.2. The third kappa shape index (κ3) is 25.3. The number of hydrogen-bond acceptors (Lipinski definition) is 5. The summed E-state index contributed by atoms with van der Waals surface area (Å²) in [6, 6.07) is 8.26. The first kappa shape index (κ1) is 40.8. The molecule has 1 aromatic carbocycles. The summed E-state index contributed by atoms with van der Waals surface area (Å²) in [7, 11) is 1.78. The van der Waals surface area contributed by atoms with Crippen LogP contribution in [0.5, 0.6) is 0 Å². The minimum atomic E-state index is 0.566. The lowest BCUT2D eigenvalue weighted by molar-refractivity contribution is 0.0676. The number of aryl methyl sites for hydroxylation is 1. The quantitative estimate of drug-likeness (QED) is 0.146. The molecule has 0 unspecified atom stereocenters. The molecule has 1 aromatic rings. The van der Waals surface area contributed by atoms with Crippen LogP contribution >= 0.6 is 11.8 Å². The van der Waals surface area contributed by atoms with E-state index < -0.39 is 0 Å². The van der Waals surface area contributed by atoms with Crippen molar-refractivity contribution in [3.63, 3.8) is 0 Å². The Bertz CT molecular complexity index is 875. The summed E-state index contributed by atoms with van der Waals surface area (Å²) in [5.74, 6) is 1.96. The van der Waals surface area contributed by atoms with Crippen molar-refractivity contribution in [3.8, 4) is 0 Å². The van der Waals surface area contributed by atoms with Gasteiger partial charge in [0.25, 0.3) is 0 Å². The number of benzene rings is 1. The van der Waals surface area contributed by atoms with E-state index in [2.05, 4.69) is 59.0 Å². The van der Waals surface area contributed by atoms with Crippen molar-refractivity contribution in [2.45, 2.75) is 62.3 Å². The molecule has 0 amide bonds. The monoisotopic (exact) mass is 556 g/mol. The van der Waals surface area contributed by atoms with Gasteiger partial charge < -0.3 is 9.64 Å². The molecule has 1 heterocycles. The molecule has 220 valence electrons. The fraction of sp³-hybridized carbons (Fsp3) is 0.485. The zero-order valence-corrected chi connectivity index (χ0v) is 27.4. The molecular formula is C33H56N4OS. The van der Waals surface area contributed by atoms with Crippen molar-refractivity contribution >= 4 is 28.9 Å². The van der Waals surface area contributed by atoms with Gasteiger partial charge >= 0.3 is 0 Å². The highest BCUT2D eigenvalue weighted by molar-refractivity contribution is 8.14. The summed E-state index contributed by atoms with van der Waals surface area (Å²) in [5.41, 5.74) is 3.25. The predicted octanol–water partition coefficient (Wildman–Crippen LogP) is 8.82. The molecule has 1 aliphatic heterocycles. The van der Waals surface area contributed by atoms with E-state index in [9.17, 15) is 0 Å². The van der Waals surface area contributed by atoms with Crippen LogP contribution in [-0.2, 0) is 4.74 Å². The Hall–Kier alpha value is -2.70. The first-order valence-electron chi connectivity index (χ1n) is 14.0. The molecule has 39 heavy (non-hydrogen) atoms. The Balaban J connectivity index is -0.000000594. The van der Waals surface area contributed by atoms with Gasteiger partial charge in [-0.15, -0.1) is 11.8 Å². The van der Waals surface area contributed by atoms with E-state index >= 15 is 0 Å². The summed E-state index contributed by atoms with van der Waals surface area (Å²) < 4.78 is 5.39. The lowest BCUT2D eigenvalue weighted by Crippen LogP contribution is -2.42. The summed E-state index contributed by atoms with van der Waals surface area (Å²) in [5, 5.41) is 1.00. The van der Waals surface area contributed by atoms with Gasteiger partial charge in [-0.05, 0) is 45.1 Å². The lowest BCUT2D eigenvalue weighted by atomic mass is 10.2. The molecular weight excluding hydrogens is 500 g/mol. The Labute approximate surface area is 245 Å². The minimum absolute atomic E-state index is 0.566. The molecule has 1 aliphatic rings. The van der Waals surface area contributed by atoms with Crippen molar-refractivity contribution in [1.82, 2.24) is 4.90 Å². The second-order valence-electron chi connectivity index (χ2n) is 7.51. The smallest absolute Gasteiger partial charge is 0.126 e. The molecule has 6 heteroatoms. The van der Waals surface area contributed by atoms with Gasteiger partial charge in [-0.25, -0.2) is 4.99 Å². The van der Waals surface area contributed by atoms with Crippen molar-refractivity contribution in [1.29, 1.82) is 0 Å². The Morgan fingerprint density at radius 3 is 2.18 bits per heavy atom. The summed E-state index contributed by atoms with van der Waals surface area (Å²) in [4.78, 5) is 15.4. The number of rotatable bonds is 7. The first-order valence-corrected chi connectivity index (χ1v) is 15.0. The van der Waals surface area contributed by atoms with E-state index in [0.29, 0.717) is 6.54 Å². The van der Waals surface area contributed by atoms with E-state index in [-0.39, 0.29) is 0 Å². The van der Waals surface area contributed by atoms with Gasteiger partial charge in [-0.2, -0.15) is 0 Å². The van der Waals surface area contributed by atoms with Crippen LogP contribution in [0.4, 0.5) is 0 Å². The molecule has 0 saturated carbocycles. The topological polar surface area (TPSA) is 49.5 Å². The van der Waals surface area contributed by atoms with Crippen LogP contribution in [0.2, 0.25) is 0 Å². The van der Waals surface area contributed by atoms with Crippen molar-refractivity contribution in [2.75, 3.05) is 45.6 Å². The van der Waals surface area contributed by atoms with E-state index in [4.69, 9.17) is 4.74 Å². The number of hydrogen-bond donors (Lipinski definition) is 0. The number of allylic oxidation sites excluding steroid dienone is 5. The molecule has 0 atom stereocenters. The molecule has 0 spiro atoms. The number of thioether (sulfide) groups is 1. The zero-order valence-electron chi connectivity index (χ0n) is 26.5. The van der Waals surface area contributed by atoms with Crippen LogP contribution < -0.4 is 0 Å². The number of morpholine rings is 1. The van der Waals surface area contributed by atoms with Crippen LogP contribution in [0.1, 0.15) is 66.5 Å². The third-order valence-electron chi connectivity index (χ3n) is 4.39. The molecule has 5 nitrogen and oxygen atoms in total. The van der Waals surface area contributed by atoms with E-state index in [0.717, 1.165) is 48.6 Å². The number of aliphatic imine (C=N–C) groups is 3. The van der Waals surface area contributed by atoms with E-state index in [1.54, 1.807) is 24.9 Å². The molecule has 0 bridgehead atoms.